The monoisotopic (exact) mass is 269 g/mol. The molecule has 0 amide bonds. The summed E-state index contributed by atoms with van der Waals surface area (Å²) in [4.78, 5) is 0. The van der Waals surface area contributed by atoms with Crippen LogP contribution < -0.4 is 10.5 Å². The van der Waals surface area contributed by atoms with Gasteiger partial charge in [-0.2, -0.15) is 0 Å². The number of methoxy groups -OCH3 is 1. The van der Waals surface area contributed by atoms with Gasteiger partial charge in [-0.1, -0.05) is 35.8 Å². The largest absolute Gasteiger partial charge is 0.496 e. The molecule has 0 saturated heterocycles. The molecule has 1 aliphatic carbocycles. The molecule has 2 rings (SSSR count). The standard InChI is InChI=1S/C12H16BrNO/c1-12(2)10(11(12)14)8-5-4-7(13)6-9(8)15-3/h4-6,10-11H,14H2,1-3H3/t10-,11-/m0/s1. The van der Waals surface area contributed by atoms with Crippen LogP contribution in [-0.4, -0.2) is 13.2 Å². The van der Waals surface area contributed by atoms with E-state index >= 15 is 0 Å². The lowest BCUT2D eigenvalue weighted by Crippen LogP contribution is -2.06. The van der Waals surface area contributed by atoms with Crippen molar-refractivity contribution in [2.45, 2.75) is 25.8 Å². The summed E-state index contributed by atoms with van der Waals surface area (Å²) < 4.78 is 6.42. The molecule has 1 aromatic rings. The third kappa shape index (κ3) is 1.68. The van der Waals surface area contributed by atoms with E-state index < -0.39 is 0 Å². The fourth-order valence-corrected chi connectivity index (χ4v) is 2.55. The Kier molecular flexibility index (Phi) is 2.55. The van der Waals surface area contributed by atoms with Crippen molar-refractivity contribution in [3.8, 4) is 5.75 Å². The fourth-order valence-electron chi connectivity index (χ4n) is 2.21. The molecule has 2 atom stereocenters. The third-order valence-electron chi connectivity index (χ3n) is 3.44. The van der Waals surface area contributed by atoms with Gasteiger partial charge in [-0.25, -0.2) is 0 Å². The summed E-state index contributed by atoms with van der Waals surface area (Å²) in [6.07, 6.45) is 0. The number of ether oxygens (including phenoxy) is 1. The Morgan fingerprint density at radius 1 is 1.40 bits per heavy atom. The zero-order valence-corrected chi connectivity index (χ0v) is 10.8. The van der Waals surface area contributed by atoms with E-state index in [0.29, 0.717) is 5.92 Å². The number of rotatable bonds is 2. The molecule has 82 valence electrons. The SMILES string of the molecule is COc1cc(Br)ccc1[C@H]1[C@H](N)C1(C)C. The van der Waals surface area contributed by atoms with Gasteiger partial charge in [0.1, 0.15) is 5.75 Å². The van der Waals surface area contributed by atoms with Crippen molar-refractivity contribution in [3.05, 3.63) is 28.2 Å². The molecular formula is C12H16BrNO. The van der Waals surface area contributed by atoms with E-state index in [9.17, 15) is 0 Å². The maximum Gasteiger partial charge on any atom is 0.123 e. The van der Waals surface area contributed by atoms with E-state index in [-0.39, 0.29) is 11.5 Å². The second kappa shape index (κ2) is 3.49. The fraction of sp³-hybridized carbons (Fsp3) is 0.500. The van der Waals surface area contributed by atoms with E-state index in [1.165, 1.54) is 5.56 Å². The molecule has 0 heterocycles. The van der Waals surface area contributed by atoms with Crippen LogP contribution in [0, 0.1) is 5.41 Å². The minimum atomic E-state index is 0.196. The summed E-state index contributed by atoms with van der Waals surface area (Å²) in [7, 11) is 1.70. The molecule has 0 radical (unpaired) electrons. The van der Waals surface area contributed by atoms with Gasteiger partial charge in [0.2, 0.25) is 0 Å². The highest BCUT2D eigenvalue weighted by Gasteiger charge is 2.57. The molecule has 0 aliphatic heterocycles. The molecule has 1 saturated carbocycles. The lowest BCUT2D eigenvalue weighted by Gasteiger charge is -2.09. The Morgan fingerprint density at radius 3 is 2.47 bits per heavy atom. The minimum Gasteiger partial charge on any atom is -0.496 e. The van der Waals surface area contributed by atoms with Crippen molar-refractivity contribution in [1.82, 2.24) is 0 Å². The highest BCUT2D eigenvalue weighted by Crippen LogP contribution is 2.59. The number of nitrogens with two attached hydrogens (primary N) is 1. The first-order chi connectivity index (χ1) is 6.98. The van der Waals surface area contributed by atoms with Crippen LogP contribution in [0.5, 0.6) is 5.75 Å². The van der Waals surface area contributed by atoms with Crippen LogP contribution in [0.15, 0.2) is 22.7 Å². The molecule has 0 spiro atoms. The maximum atomic E-state index is 6.07. The Morgan fingerprint density at radius 2 is 2.00 bits per heavy atom. The summed E-state index contributed by atoms with van der Waals surface area (Å²) in [6, 6.07) is 6.38. The molecule has 1 aliphatic rings. The summed E-state index contributed by atoms with van der Waals surface area (Å²) in [5, 5.41) is 0. The molecule has 0 unspecified atom stereocenters. The second-order valence-corrected chi connectivity index (χ2v) is 5.63. The lowest BCUT2D eigenvalue weighted by atomic mass is 10.0. The molecule has 15 heavy (non-hydrogen) atoms. The van der Waals surface area contributed by atoms with Crippen LogP contribution >= 0.6 is 15.9 Å². The van der Waals surface area contributed by atoms with Crippen molar-refractivity contribution in [1.29, 1.82) is 0 Å². The van der Waals surface area contributed by atoms with E-state index in [1.54, 1.807) is 7.11 Å². The Hall–Kier alpha value is -0.540. The molecular weight excluding hydrogens is 254 g/mol. The first-order valence-electron chi connectivity index (χ1n) is 5.07. The molecule has 0 bridgehead atoms. The second-order valence-electron chi connectivity index (χ2n) is 4.71. The molecule has 1 fully saturated rings. The number of halogens is 1. The maximum absolute atomic E-state index is 6.07. The van der Waals surface area contributed by atoms with Crippen molar-refractivity contribution >= 4 is 15.9 Å². The van der Waals surface area contributed by atoms with Crippen molar-refractivity contribution < 1.29 is 4.74 Å². The number of hydrogen-bond donors (Lipinski definition) is 1. The zero-order chi connectivity index (χ0) is 11.2. The van der Waals surface area contributed by atoms with Crippen molar-refractivity contribution in [2.24, 2.45) is 11.1 Å². The quantitative estimate of drug-likeness (QED) is 0.896. The smallest absolute Gasteiger partial charge is 0.123 e. The minimum absolute atomic E-state index is 0.196. The van der Waals surface area contributed by atoms with E-state index in [4.69, 9.17) is 10.5 Å². The van der Waals surface area contributed by atoms with Gasteiger partial charge in [0.05, 0.1) is 7.11 Å². The molecule has 0 aromatic heterocycles. The summed E-state index contributed by atoms with van der Waals surface area (Å²) in [5.41, 5.74) is 7.49. The van der Waals surface area contributed by atoms with Crippen LogP contribution in [0.25, 0.3) is 0 Å². The van der Waals surface area contributed by atoms with Crippen LogP contribution in [-0.2, 0) is 0 Å². The first-order valence-corrected chi connectivity index (χ1v) is 5.87. The molecule has 1 aromatic carbocycles. The van der Waals surface area contributed by atoms with Crippen LogP contribution in [0.1, 0.15) is 25.3 Å². The van der Waals surface area contributed by atoms with Crippen LogP contribution in [0.3, 0.4) is 0 Å². The summed E-state index contributed by atoms with van der Waals surface area (Å²) >= 11 is 3.44. The normalized spacial score (nSPS) is 27.5. The van der Waals surface area contributed by atoms with Crippen molar-refractivity contribution in [2.75, 3.05) is 7.11 Å². The van der Waals surface area contributed by atoms with Gasteiger partial charge >= 0.3 is 0 Å². The van der Waals surface area contributed by atoms with E-state index in [2.05, 4.69) is 35.8 Å². The van der Waals surface area contributed by atoms with E-state index in [1.807, 2.05) is 12.1 Å². The predicted molar refractivity (Wildman–Crippen MR) is 65.2 cm³/mol. The zero-order valence-electron chi connectivity index (χ0n) is 9.25. The Balaban J connectivity index is 2.38. The Bertz CT molecular complexity index is 389. The number of benzene rings is 1. The topological polar surface area (TPSA) is 35.2 Å². The molecule has 2 nitrogen and oxygen atoms in total. The van der Waals surface area contributed by atoms with Gasteiger partial charge in [-0.15, -0.1) is 0 Å². The predicted octanol–water partition coefficient (Wildman–Crippen LogP) is 2.91. The van der Waals surface area contributed by atoms with E-state index in [0.717, 1.165) is 10.2 Å². The van der Waals surface area contributed by atoms with Crippen molar-refractivity contribution in [3.63, 3.8) is 0 Å². The summed E-state index contributed by atoms with van der Waals surface area (Å²) in [5.74, 6) is 1.34. The Labute approximate surface area is 98.9 Å². The highest BCUT2D eigenvalue weighted by molar-refractivity contribution is 9.10. The average Bonchev–Trinajstić information content (AvgIpc) is 2.67. The average molecular weight is 270 g/mol. The van der Waals surface area contributed by atoms with Gasteiger partial charge in [0.25, 0.3) is 0 Å². The lowest BCUT2D eigenvalue weighted by molar-refractivity contribution is 0.407. The van der Waals surface area contributed by atoms with Gasteiger partial charge in [0, 0.05) is 16.4 Å². The van der Waals surface area contributed by atoms with Gasteiger partial charge in [0.15, 0.2) is 0 Å². The summed E-state index contributed by atoms with van der Waals surface area (Å²) in [6.45, 7) is 4.40. The third-order valence-corrected chi connectivity index (χ3v) is 3.93. The van der Waals surface area contributed by atoms with Crippen LogP contribution in [0.4, 0.5) is 0 Å². The van der Waals surface area contributed by atoms with Gasteiger partial charge in [-0.3, -0.25) is 0 Å². The number of hydrogen-bond acceptors (Lipinski definition) is 2. The van der Waals surface area contributed by atoms with Gasteiger partial charge < -0.3 is 10.5 Å². The van der Waals surface area contributed by atoms with Gasteiger partial charge in [-0.05, 0) is 23.1 Å². The first kappa shape index (κ1) is 11.0. The highest BCUT2D eigenvalue weighted by atomic mass is 79.9. The van der Waals surface area contributed by atoms with Crippen LogP contribution in [0.2, 0.25) is 0 Å². The molecule has 3 heteroatoms. The molecule has 2 N–H and O–H groups in total.